The molecule has 0 aliphatic carbocycles. The number of imide groups is 1. The van der Waals surface area contributed by atoms with Crippen LogP contribution >= 0.6 is 0 Å². The van der Waals surface area contributed by atoms with Gasteiger partial charge in [-0.1, -0.05) is 0 Å². The Balaban J connectivity index is 1.93. The topological polar surface area (TPSA) is 73.9 Å². The number of carbonyl (C=O) groups excluding carboxylic acids is 2. The summed E-state index contributed by atoms with van der Waals surface area (Å²) < 4.78 is 5.29. The van der Waals surface area contributed by atoms with Crippen LogP contribution in [0.4, 0.5) is 4.79 Å². The molecule has 2 heterocycles. The third kappa shape index (κ3) is 3.28. The lowest BCUT2D eigenvalue weighted by Crippen LogP contribution is -2.50. The van der Waals surface area contributed by atoms with E-state index in [4.69, 9.17) is 4.74 Å². The van der Waals surface area contributed by atoms with Crippen molar-refractivity contribution in [3.8, 4) is 0 Å². The van der Waals surface area contributed by atoms with Gasteiger partial charge in [-0.25, -0.2) is 9.69 Å². The number of nitrogens with zero attached hydrogens (tertiary/aromatic N) is 2. The molecule has 1 unspecified atom stereocenters. The van der Waals surface area contributed by atoms with E-state index in [9.17, 15) is 9.59 Å². The van der Waals surface area contributed by atoms with E-state index in [1.807, 2.05) is 6.92 Å². The molecule has 2 fully saturated rings. The molecule has 0 aromatic carbocycles. The van der Waals surface area contributed by atoms with Crippen molar-refractivity contribution in [2.24, 2.45) is 0 Å². The van der Waals surface area contributed by atoms with Gasteiger partial charge in [-0.05, 0) is 13.8 Å². The van der Waals surface area contributed by atoms with E-state index in [1.54, 1.807) is 6.92 Å². The fraction of sp³-hybridized carbons (Fsp3) is 0.846. The van der Waals surface area contributed by atoms with Gasteiger partial charge in [-0.2, -0.15) is 0 Å². The SMILES string of the molecule is CCOCCC1(C)NC(=O)N(CN2CCNCC2)C1=O. The van der Waals surface area contributed by atoms with Crippen molar-refractivity contribution in [1.82, 2.24) is 20.4 Å². The zero-order valence-electron chi connectivity index (χ0n) is 12.3. The molecule has 1 atom stereocenters. The van der Waals surface area contributed by atoms with Crippen LogP contribution in [0.25, 0.3) is 0 Å². The molecule has 7 nitrogen and oxygen atoms in total. The van der Waals surface area contributed by atoms with Crippen LogP contribution in [-0.4, -0.2) is 73.3 Å². The number of nitrogens with one attached hydrogen (secondary N) is 2. The predicted molar refractivity (Wildman–Crippen MR) is 74.2 cm³/mol. The van der Waals surface area contributed by atoms with Gasteiger partial charge in [-0.15, -0.1) is 0 Å². The molecule has 2 aliphatic heterocycles. The van der Waals surface area contributed by atoms with Crippen molar-refractivity contribution in [3.63, 3.8) is 0 Å². The van der Waals surface area contributed by atoms with Crippen LogP contribution in [-0.2, 0) is 9.53 Å². The fourth-order valence-electron chi connectivity index (χ4n) is 2.52. The van der Waals surface area contributed by atoms with Crippen LogP contribution in [0.1, 0.15) is 20.3 Å². The number of ether oxygens (including phenoxy) is 1. The summed E-state index contributed by atoms with van der Waals surface area (Å²) in [6.07, 6.45) is 0.503. The zero-order valence-corrected chi connectivity index (χ0v) is 12.3. The Hall–Kier alpha value is -1.18. The highest BCUT2D eigenvalue weighted by molar-refractivity contribution is 6.06. The van der Waals surface area contributed by atoms with Crippen molar-refractivity contribution in [3.05, 3.63) is 0 Å². The predicted octanol–water partition coefficient (Wildman–Crippen LogP) is -0.414. The second-order valence-corrected chi connectivity index (χ2v) is 5.45. The van der Waals surface area contributed by atoms with Crippen LogP contribution in [0, 0.1) is 0 Å². The molecule has 114 valence electrons. The summed E-state index contributed by atoms with van der Waals surface area (Å²) >= 11 is 0. The lowest BCUT2D eigenvalue weighted by Gasteiger charge is -2.30. The van der Waals surface area contributed by atoms with Gasteiger partial charge in [0.05, 0.1) is 6.67 Å². The highest BCUT2D eigenvalue weighted by atomic mass is 16.5. The van der Waals surface area contributed by atoms with Crippen LogP contribution in [0.15, 0.2) is 0 Å². The number of hydrogen-bond acceptors (Lipinski definition) is 5. The molecule has 2 aliphatic rings. The van der Waals surface area contributed by atoms with Gasteiger partial charge in [0.25, 0.3) is 5.91 Å². The van der Waals surface area contributed by atoms with Crippen molar-refractivity contribution in [2.75, 3.05) is 46.1 Å². The molecular weight excluding hydrogens is 260 g/mol. The van der Waals surface area contributed by atoms with Crippen LogP contribution in [0.3, 0.4) is 0 Å². The van der Waals surface area contributed by atoms with E-state index in [1.165, 1.54) is 4.90 Å². The Labute approximate surface area is 119 Å². The van der Waals surface area contributed by atoms with Gasteiger partial charge in [0.15, 0.2) is 0 Å². The van der Waals surface area contributed by atoms with Crippen LogP contribution in [0.2, 0.25) is 0 Å². The molecule has 2 rings (SSSR count). The Kier molecular flexibility index (Phi) is 4.95. The van der Waals surface area contributed by atoms with E-state index in [0.29, 0.717) is 26.3 Å². The maximum atomic E-state index is 12.5. The molecule has 2 saturated heterocycles. The van der Waals surface area contributed by atoms with Gasteiger partial charge in [0.2, 0.25) is 0 Å². The molecule has 0 saturated carbocycles. The van der Waals surface area contributed by atoms with Gasteiger partial charge >= 0.3 is 6.03 Å². The molecule has 0 aromatic rings. The summed E-state index contributed by atoms with van der Waals surface area (Å²) in [4.78, 5) is 27.9. The maximum Gasteiger partial charge on any atom is 0.326 e. The fourth-order valence-corrected chi connectivity index (χ4v) is 2.52. The van der Waals surface area contributed by atoms with Crippen molar-refractivity contribution >= 4 is 11.9 Å². The van der Waals surface area contributed by atoms with E-state index in [2.05, 4.69) is 15.5 Å². The first-order chi connectivity index (χ1) is 9.57. The summed E-state index contributed by atoms with van der Waals surface area (Å²) in [5, 5.41) is 6.04. The molecule has 20 heavy (non-hydrogen) atoms. The first-order valence-electron chi connectivity index (χ1n) is 7.22. The third-order valence-corrected chi connectivity index (χ3v) is 3.85. The Morgan fingerprint density at radius 3 is 2.65 bits per heavy atom. The Morgan fingerprint density at radius 1 is 1.30 bits per heavy atom. The molecule has 3 amide bonds. The summed E-state index contributed by atoms with van der Waals surface area (Å²) in [5.41, 5.74) is -0.833. The smallest absolute Gasteiger partial charge is 0.326 e. The second kappa shape index (κ2) is 6.51. The summed E-state index contributed by atoms with van der Waals surface area (Å²) in [6.45, 7) is 8.63. The van der Waals surface area contributed by atoms with Gasteiger partial charge in [0.1, 0.15) is 5.54 Å². The quantitative estimate of drug-likeness (QED) is 0.512. The number of amides is 3. The van der Waals surface area contributed by atoms with Crippen molar-refractivity contribution in [2.45, 2.75) is 25.8 Å². The molecular formula is C13H24N4O3. The van der Waals surface area contributed by atoms with E-state index in [0.717, 1.165) is 26.2 Å². The van der Waals surface area contributed by atoms with E-state index < -0.39 is 5.54 Å². The highest BCUT2D eigenvalue weighted by Crippen LogP contribution is 2.21. The largest absolute Gasteiger partial charge is 0.382 e. The standard InChI is InChI=1S/C13H24N4O3/c1-3-20-9-4-13(2)11(18)17(12(19)15-13)10-16-7-5-14-6-8-16/h14H,3-10H2,1-2H3,(H,15,19). The molecule has 0 radical (unpaired) electrons. The average Bonchev–Trinajstić information content (AvgIpc) is 2.64. The van der Waals surface area contributed by atoms with Gasteiger partial charge < -0.3 is 15.4 Å². The van der Waals surface area contributed by atoms with Gasteiger partial charge in [0, 0.05) is 45.8 Å². The molecule has 0 spiro atoms. The van der Waals surface area contributed by atoms with Crippen LogP contribution in [0.5, 0.6) is 0 Å². The number of urea groups is 1. The number of piperazine rings is 1. The molecule has 7 heteroatoms. The number of rotatable bonds is 6. The second-order valence-electron chi connectivity index (χ2n) is 5.45. The minimum absolute atomic E-state index is 0.152. The summed E-state index contributed by atoms with van der Waals surface area (Å²) in [6, 6.07) is -0.299. The van der Waals surface area contributed by atoms with Gasteiger partial charge in [-0.3, -0.25) is 9.69 Å². The van der Waals surface area contributed by atoms with Crippen LogP contribution < -0.4 is 10.6 Å². The first-order valence-corrected chi connectivity index (χ1v) is 7.22. The average molecular weight is 284 g/mol. The summed E-state index contributed by atoms with van der Waals surface area (Å²) in [7, 11) is 0. The van der Waals surface area contributed by atoms with Crippen molar-refractivity contribution in [1.29, 1.82) is 0 Å². The normalized spacial score (nSPS) is 28.0. The molecule has 0 aromatic heterocycles. The monoisotopic (exact) mass is 284 g/mol. The molecule has 0 bridgehead atoms. The summed E-state index contributed by atoms with van der Waals surface area (Å²) in [5.74, 6) is -0.152. The lowest BCUT2D eigenvalue weighted by atomic mass is 9.99. The number of hydrogen-bond donors (Lipinski definition) is 2. The van der Waals surface area contributed by atoms with Crippen molar-refractivity contribution < 1.29 is 14.3 Å². The lowest BCUT2D eigenvalue weighted by molar-refractivity contribution is -0.133. The van der Waals surface area contributed by atoms with E-state index >= 15 is 0 Å². The zero-order chi connectivity index (χ0) is 14.6. The first kappa shape index (κ1) is 15.2. The third-order valence-electron chi connectivity index (χ3n) is 3.85. The number of carbonyl (C=O) groups is 2. The minimum atomic E-state index is -0.833. The highest BCUT2D eigenvalue weighted by Gasteiger charge is 2.47. The van der Waals surface area contributed by atoms with E-state index in [-0.39, 0.29) is 11.9 Å². The Bertz CT molecular complexity index is 371. The minimum Gasteiger partial charge on any atom is -0.382 e. The molecule has 2 N–H and O–H groups in total. The Morgan fingerprint density at radius 2 is 2.00 bits per heavy atom. The maximum absolute atomic E-state index is 12.5.